The molecule has 6 heteroatoms. The maximum absolute atomic E-state index is 13.6. The van der Waals surface area contributed by atoms with E-state index in [1.54, 1.807) is 13.2 Å². The average Bonchev–Trinajstić information content (AvgIpc) is 2.78. The number of halogens is 1. The summed E-state index contributed by atoms with van der Waals surface area (Å²) in [5.41, 5.74) is 6.13. The lowest BCUT2D eigenvalue weighted by molar-refractivity contribution is 0.194. The second kappa shape index (κ2) is 5.59. The molecule has 0 radical (unpaired) electrons. The van der Waals surface area contributed by atoms with Gasteiger partial charge in [-0.15, -0.1) is 0 Å². The maximum Gasteiger partial charge on any atom is 0.263 e. The number of aryl methyl sites for hydroxylation is 1. The minimum absolute atomic E-state index is 0.109. The van der Waals surface area contributed by atoms with Gasteiger partial charge in [0.15, 0.2) is 5.82 Å². The molecule has 0 saturated heterocycles. The molecule has 2 rings (SSSR count). The lowest BCUT2D eigenvalue weighted by atomic mass is 10.1. The van der Waals surface area contributed by atoms with Crippen LogP contribution in [0.4, 0.5) is 10.1 Å². The number of ether oxygens (including phenoxy) is 1. The third-order valence-electron chi connectivity index (χ3n) is 2.48. The molecule has 2 N–H and O–H groups in total. The van der Waals surface area contributed by atoms with E-state index in [1.165, 1.54) is 12.1 Å². The molecule has 5 nitrogen and oxygen atoms in total. The van der Waals surface area contributed by atoms with Gasteiger partial charge in [0.05, 0.1) is 5.56 Å². The monoisotopic (exact) mass is 251 g/mol. The fraction of sp³-hybridized carbons (Fsp3) is 0.333. The van der Waals surface area contributed by atoms with Gasteiger partial charge in [0.1, 0.15) is 5.82 Å². The van der Waals surface area contributed by atoms with E-state index in [-0.39, 0.29) is 17.1 Å². The summed E-state index contributed by atoms with van der Waals surface area (Å²) >= 11 is 0. The van der Waals surface area contributed by atoms with Gasteiger partial charge in [-0.2, -0.15) is 4.98 Å². The second-order valence-corrected chi connectivity index (χ2v) is 3.82. The third-order valence-corrected chi connectivity index (χ3v) is 2.48. The summed E-state index contributed by atoms with van der Waals surface area (Å²) in [4.78, 5) is 4.12. The summed E-state index contributed by atoms with van der Waals surface area (Å²) in [5.74, 6) is 0.157. The number of nitrogens with two attached hydrogens (primary N) is 1. The van der Waals surface area contributed by atoms with Crippen molar-refractivity contribution in [1.29, 1.82) is 0 Å². The molecule has 0 aliphatic rings. The van der Waals surface area contributed by atoms with Gasteiger partial charge < -0.3 is 15.0 Å². The molecule has 0 amide bonds. The summed E-state index contributed by atoms with van der Waals surface area (Å²) in [5, 5.41) is 3.78. The van der Waals surface area contributed by atoms with E-state index in [2.05, 4.69) is 10.1 Å². The van der Waals surface area contributed by atoms with Crippen molar-refractivity contribution < 1.29 is 13.7 Å². The van der Waals surface area contributed by atoms with E-state index < -0.39 is 5.82 Å². The van der Waals surface area contributed by atoms with E-state index >= 15 is 0 Å². The van der Waals surface area contributed by atoms with Crippen molar-refractivity contribution in [3.63, 3.8) is 0 Å². The van der Waals surface area contributed by atoms with Crippen LogP contribution >= 0.6 is 0 Å². The van der Waals surface area contributed by atoms with Crippen molar-refractivity contribution in [2.24, 2.45) is 0 Å². The van der Waals surface area contributed by atoms with Gasteiger partial charge in [0.25, 0.3) is 5.89 Å². The van der Waals surface area contributed by atoms with Gasteiger partial charge >= 0.3 is 0 Å². The van der Waals surface area contributed by atoms with Crippen molar-refractivity contribution in [3.8, 4) is 11.5 Å². The van der Waals surface area contributed by atoms with Crippen LogP contribution in [0, 0.1) is 5.82 Å². The first kappa shape index (κ1) is 12.5. The minimum Gasteiger partial charge on any atom is -0.398 e. The molecule has 0 aliphatic carbocycles. The van der Waals surface area contributed by atoms with Gasteiger partial charge in [0.2, 0.25) is 0 Å². The van der Waals surface area contributed by atoms with Crippen molar-refractivity contribution >= 4 is 5.69 Å². The zero-order valence-electron chi connectivity index (χ0n) is 10.0. The summed E-state index contributed by atoms with van der Waals surface area (Å²) in [6.07, 6.45) is 1.40. The highest BCUT2D eigenvalue weighted by Crippen LogP contribution is 2.27. The van der Waals surface area contributed by atoms with Crippen LogP contribution in [0.5, 0.6) is 0 Å². The first-order valence-electron chi connectivity index (χ1n) is 5.58. The Morgan fingerprint density at radius 3 is 3.00 bits per heavy atom. The second-order valence-electron chi connectivity index (χ2n) is 3.82. The van der Waals surface area contributed by atoms with Gasteiger partial charge in [-0.05, 0) is 18.6 Å². The first-order chi connectivity index (χ1) is 8.72. The Hall–Kier alpha value is -1.95. The Kier molecular flexibility index (Phi) is 3.88. The molecule has 0 bridgehead atoms. The van der Waals surface area contributed by atoms with Crippen LogP contribution in [0.2, 0.25) is 0 Å². The topological polar surface area (TPSA) is 74.2 Å². The van der Waals surface area contributed by atoms with Gasteiger partial charge in [-0.1, -0.05) is 11.2 Å². The third kappa shape index (κ3) is 2.65. The van der Waals surface area contributed by atoms with Crippen LogP contribution in [0.1, 0.15) is 12.2 Å². The van der Waals surface area contributed by atoms with Crippen molar-refractivity contribution in [2.45, 2.75) is 12.8 Å². The van der Waals surface area contributed by atoms with E-state index in [4.69, 9.17) is 15.0 Å². The summed E-state index contributed by atoms with van der Waals surface area (Å²) < 4.78 is 23.6. The van der Waals surface area contributed by atoms with Crippen LogP contribution in [0.25, 0.3) is 11.5 Å². The summed E-state index contributed by atoms with van der Waals surface area (Å²) in [7, 11) is 1.63. The fourth-order valence-corrected chi connectivity index (χ4v) is 1.60. The zero-order chi connectivity index (χ0) is 13.0. The molecule has 96 valence electrons. The first-order valence-corrected chi connectivity index (χ1v) is 5.58. The number of nitrogens with zero attached hydrogens (tertiary/aromatic N) is 2. The minimum atomic E-state index is -0.470. The molecule has 0 spiro atoms. The number of anilines is 1. The lowest BCUT2D eigenvalue weighted by Crippen LogP contribution is -1.95. The van der Waals surface area contributed by atoms with Crippen molar-refractivity contribution in [1.82, 2.24) is 10.1 Å². The molecule has 18 heavy (non-hydrogen) atoms. The van der Waals surface area contributed by atoms with E-state index in [0.717, 1.165) is 6.42 Å². The molecule has 0 aliphatic heterocycles. The number of benzene rings is 1. The van der Waals surface area contributed by atoms with Gasteiger partial charge in [-0.25, -0.2) is 4.39 Å². The molecule has 0 unspecified atom stereocenters. The summed E-state index contributed by atoms with van der Waals surface area (Å²) in [6.45, 7) is 0.617. The Morgan fingerprint density at radius 2 is 2.28 bits per heavy atom. The standard InChI is InChI=1S/C12H14FN3O2/c1-17-7-3-6-10-15-12(18-16-10)11-8(13)4-2-5-9(11)14/h2,4-5H,3,6-7,14H2,1H3. The van der Waals surface area contributed by atoms with E-state index in [9.17, 15) is 4.39 Å². The molecule has 1 aromatic carbocycles. The molecule has 0 saturated carbocycles. The Labute approximate surface area is 104 Å². The normalized spacial score (nSPS) is 10.8. The molecule has 2 aromatic rings. The molecule has 0 fully saturated rings. The van der Waals surface area contributed by atoms with Crippen LogP contribution in [-0.2, 0) is 11.2 Å². The highest BCUT2D eigenvalue weighted by Gasteiger charge is 2.15. The SMILES string of the molecule is COCCCc1noc(-c2c(N)cccc2F)n1. The molecular formula is C12H14FN3O2. The average molecular weight is 251 g/mol. The highest BCUT2D eigenvalue weighted by molar-refractivity contribution is 5.70. The van der Waals surface area contributed by atoms with Gasteiger partial charge in [-0.3, -0.25) is 0 Å². The quantitative estimate of drug-likeness (QED) is 0.650. The number of hydrogen-bond acceptors (Lipinski definition) is 5. The van der Waals surface area contributed by atoms with E-state index in [1.807, 2.05) is 0 Å². The summed E-state index contributed by atoms with van der Waals surface area (Å²) in [6, 6.07) is 4.43. The Morgan fingerprint density at radius 1 is 1.44 bits per heavy atom. The Balaban J connectivity index is 2.19. The molecule has 1 heterocycles. The number of methoxy groups -OCH3 is 1. The zero-order valence-corrected chi connectivity index (χ0v) is 10.0. The van der Waals surface area contributed by atoms with Crippen molar-refractivity contribution in [2.75, 3.05) is 19.5 Å². The van der Waals surface area contributed by atoms with Crippen LogP contribution < -0.4 is 5.73 Å². The van der Waals surface area contributed by atoms with E-state index in [0.29, 0.717) is 18.9 Å². The smallest absolute Gasteiger partial charge is 0.263 e. The predicted molar refractivity (Wildman–Crippen MR) is 64.3 cm³/mol. The lowest BCUT2D eigenvalue weighted by Gasteiger charge is -2.00. The molecular weight excluding hydrogens is 237 g/mol. The number of hydrogen-bond donors (Lipinski definition) is 1. The maximum atomic E-state index is 13.6. The number of aromatic nitrogens is 2. The highest BCUT2D eigenvalue weighted by atomic mass is 19.1. The predicted octanol–water partition coefficient (Wildman–Crippen LogP) is 2.04. The van der Waals surface area contributed by atoms with Gasteiger partial charge in [0, 0.05) is 25.8 Å². The fourth-order valence-electron chi connectivity index (χ4n) is 1.60. The van der Waals surface area contributed by atoms with Crippen LogP contribution in [0.3, 0.4) is 0 Å². The molecule has 1 aromatic heterocycles. The number of rotatable bonds is 5. The number of nitrogen functional groups attached to an aromatic ring is 1. The van der Waals surface area contributed by atoms with Crippen LogP contribution in [-0.4, -0.2) is 23.9 Å². The Bertz CT molecular complexity index is 508. The van der Waals surface area contributed by atoms with Crippen LogP contribution in [0.15, 0.2) is 22.7 Å². The van der Waals surface area contributed by atoms with Crippen molar-refractivity contribution in [3.05, 3.63) is 29.8 Å². The molecule has 0 atom stereocenters. The largest absolute Gasteiger partial charge is 0.398 e.